The smallest absolute Gasteiger partial charge is 0.320 e. The highest BCUT2D eigenvalue weighted by atomic mass is 16.4. The molecule has 1 fully saturated rings. The molecule has 3 heteroatoms. The minimum atomic E-state index is -1.05. The van der Waals surface area contributed by atoms with Crippen LogP contribution < -0.4 is 5.73 Å². The van der Waals surface area contributed by atoms with Gasteiger partial charge in [-0.25, -0.2) is 0 Å². The van der Waals surface area contributed by atoms with Crippen molar-refractivity contribution in [2.75, 3.05) is 0 Å². The van der Waals surface area contributed by atoms with Gasteiger partial charge in [0.2, 0.25) is 0 Å². The molecule has 0 aromatic rings. The number of rotatable bonds is 2. The molecule has 0 aromatic heterocycles. The van der Waals surface area contributed by atoms with E-state index in [1.54, 1.807) is 0 Å². The molecule has 0 saturated heterocycles. The summed E-state index contributed by atoms with van der Waals surface area (Å²) < 4.78 is 7.85. The Bertz CT molecular complexity index is 178. The molecule has 1 saturated carbocycles. The monoisotopic (exact) mass is 158 g/mol. The van der Waals surface area contributed by atoms with E-state index in [4.69, 9.17) is 12.2 Å². The molecular formula is C8H15NO2. The zero-order valence-electron chi connectivity index (χ0n) is 7.55. The van der Waals surface area contributed by atoms with Gasteiger partial charge in [-0.05, 0) is 18.7 Å². The van der Waals surface area contributed by atoms with Crippen LogP contribution in [-0.4, -0.2) is 17.1 Å². The van der Waals surface area contributed by atoms with Gasteiger partial charge in [0.15, 0.2) is 0 Å². The molecule has 0 aromatic carbocycles. The van der Waals surface area contributed by atoms with Gasteiger partial charge in [0.05, 0.1) is 0 Å². The molecule has 1 aliphatic carbocycles. The van der Waals surface area contributed by atoms with E-state index in [1.807, 2.05) is 0 Å². The Kier molecular flexibility index (Phi) is 2.40. The number of hydrogen-bond donors (Lipinski definition) is 2. The van der Waals surface area contributed by atoms with E-state index in [1.165, 1.54) is 0 Å². The van der Waals surface area contributed by atoms with Crippen LogP contribution in [0.2, 0.25) is 0 Å². The highest BCUT2D eigenvalue weighted by Gasteiger charge is 2.25. The van der Waals surface area contributed by atoms with E-state index in [0.717, 1.165) is 19.3 Å². The van der Waals surface area contributed by atoms with Crippen molar-refractivity contribution in [3.05, 3.63) is 0 Å². The average molecular weight is 158 g/mol. The Hall–Kier alpha value is -0.570. The number of carboxylic acids is 1. The molecule has 3 nitrogen and oxygen atoms in total. The first-order valence-corrected chi connectivity index (χ1v) is 4.05. The van der Waals surface area contributed by atoms with Crippen molar-refractivity contribution in [3.8, 4) is 0 Å². The Balaban J connectivity index is 2.62. The summed E-state index contributed by atoms with van der Waals surface area (Å²) >= 11 is 0. The van der Waals surface area contributed by atoms with Crippen LogP contribution in [0.5, 0.6) is 0 Å². The summed E-state index contributed by atoms with van der Waals surface area (Å²) in [4.78, 5) is 10.6. The van der Waals surface area contributed by atoms with Crippen molar-refractivity contribution in [1.82, 2.24) is 0 Å². The predicted octanol–water partition coefficient (Wildman–Crippen LogP) is 0.979. The van der Waals surface area contributed by atoms with Gasteiger partial charge in [-0.3, -0.25) is 4.79 Å². The van der Waals surface area contributed by atoms with Gasteiger partial charge in [-0.15, -0.1) is 0 Å². The molecule has 0 radical (unpaired) electrons. The summed E-state index contributed by atoms with van der Waals surface area (Å²) in [5.41, 5.74) is 5.44. The second-order valence-electron chi connectivity index (χ2n) is 3.03. The maximum Gasteiger partial charge on any atom is 0.320 e. The molecule has 11 heavy (non-hydrogen) atoms. The molecule has 1 unspecified atom stereocenters. The summed E-state index contributed by atoms with van der Waals surface area (Å²) in [7, 11) is 0. The normalized spacial score (nSPS) is 27.2. The second-order valence-corrected chi connectivity index (χ2v) is 3.03. The van der Waals surface area contributed by atoms with Gasteiger partial charge in [0, 0.05) is 1.37 Å². The topological polar surface area (TPSA) is 63.3 Å². The molecule has 0 spiro atoms. The quantitative estimate of drug-likeness (QED) is 0.629. The minimum Gasteiger partial charge on any atom is -0.480 e. The summed E-state index contributed by atoms with van der Waals surface area (Å²) in [6, 6.07) is -1.02. The lowest BCUT2D eigenvalue weighted by atomic mass is 9.84. The Morgan fingerprint density at radius 1 is 1.55 bits per heavy atom. The number of nitrogens with two attached hydrogens (primary N) is 1. The maximum atomic E-state index is 10.6. The van der Waals surface area contributed by atoms with Crippen molar-refractivity contribution in [2.24, 2.45) is 11.6 Å². The standard InChI is InChI=1S/C8H15NO2/c9-7(8(10)11)6-4-2-1-3-5-6/h6-7H,1-5,9H2,(H,10,11)/i6D. The van der Waals surface area contributed by atoms with Crippen LogP contribution in [-0.2, 0) is 4.79 Å². The zero-order valence-corrected chi connectivity index (χ0v) is 6.55. The third-order valence-electron chi connectivity index (χ3n) is 2.20. The SMILES string of the molecule is [2H]C1(C(N)C(=O)O)CCCCC1. The molecule has 1 atom stereocenters. The minimum absolute atomic E-state index is 0.625. The molecule has 0 amide bonds. The molecule has 64 valence electrons. The fraction of sp³-hybridized carbons (Fsp3) is 0.875. The van der Waals surface area contributed by atoms with E-state index in [2.05, 4.69) is 0 Å². The second kappa shape index (κ2) is 3.72. The number of carbonyl (C=O) groups is 1. The van der Waals surface area contributed by atoms with Gasteiger partial charge in [-0.2, -0.15) is 0 Å². The Morgan fingerprint density at radius 3 is 2.55 bits per heavy atom. The van der Waals surface area contributed by atoms with Crippen LogP contribution in [0.4, 0.5) is 0 Å². The largest absolute Gasteiger partial charge is 0.480 e. The zero-order chi connectivity index (χ0) is 9.19. The van der Waals surface area contributed by atoms with Crippen LogP contribution in [0, 0.1) is 5.89 Å². The van der Waals surface area contributed by atoms with E-state index >= 15 is 0 Å². The fourth-order valence-electron chi connectivity index (χ4n) is 1.49. The van der Waals surface area contributed by atoms with Crippen LogP contribution in [0.1, 0.15) is 33.5 Å². The predicted molar refractivity (Wildman–Crippen MR) is 42.2 cm³/mol. The summed E-state index contributed by atoms with van der Waals surface area (Å²) in [6.45, 7) is 0. The van der Waals surface area contributed by atoms with Crippen molar-refractivity contribution in [1.29, 1.82) is 0 Å². The molecule has 0 heterocycles. The molecule has 0 bridgehead atoms. The molecule has 1 aliphatic rings. The molecule has 3 N–H and O–H groups in total. The van der Waals surface area contributed by atoms with E-state index < -0.39 is 17.9 Å². The molecular weight excluding hydrogens is 142 g/mol. The van der Waals surface area contributed by atoms with Crippen molar-refractivity contribution < 1.29 is 11.3 Å². The van der Waals surface area contributed by atoms with E-state index in [9.17, 15) is 4.79 Å². The average Bonchev–Trinajstić information content (AvgIpc) is 2.04. The van der Waals surface area contributed by atoms with Gasteiger partial charge >= 0.3 is 5.97 Å². The number of hydrogen-bond acceptors (Lipinski definition) is 2. The third-order valence-corrected chi connectivity index (χ3v) is 2.20. The first-order chi connectivity index (χ1) is 5.56. The first kappa shape index (κ1) is 7.10. The maximum absolute atomic E-state index is 10.6. The number of carboxylic acid groups (broad SMARTS) is 1. The van der Waals surface area contributed by atoms with Gasteiger partial charge in [0.25, 0.3) is 0 Å². The number of aliphatic carboxylic acids is 1. The molecule has 1 rings (SSSR count). The highest BCUT2D eigenvalue weighted by Crippen LogP contribution is 2.25. The lowest BCUT2D eigenvalue weighted by molar-refractivity contribution is -0.140. The van der Waals surface area contributed by atoms with Crippen molar-refractivity contribution >= 4 is 5.97 Å². The summed E-state index contributed by atoms with van der Waals surface area (Å²) in [6.07, 6.45) is 4.23. The summed E-state index contributed by atoms with van der Waals surface area (Å²) in [5.74, 6) is -1.96. The van der Waals surface area contributed by atoms with E-state index in [-0.39, 0.29) is 0 Å². The first-order valence-electron chi connectivity index (χ1n) is 4.55. The van der Waals surface area contributed by atoms with E-state index in [0.29, 0.717) is 12.8 Å². The van der Waals surface area contributed by atoms with Crippen LogP contribution in [0.25, 0.3) is 0 Å². The van der Waals surface area contributed by atoms with Crippen molar-refractivity contribution in [2.45, 2.75) is 38.1 Å². The third kappa shape index (κ3) is 2.19. The van der Waals surface area contributed by atoms with Gasteiger partial charge in [-0.1, -0.05) is 19.3 Å². The van der Waals surface area contributed by atoms with Crippen LogP contribution >= 0.6 is 0 Å². The summed E-state index contributed by atoms with van der Waals surface area (Å²) in [5, 5.41) is 8.65. The lowest BCUT2D eigenvalue weighted by Gasteiger charge is -2.24. The molecule has 0 aliphatic heterocycles. The van der Waals surface area contributed by atoms with Crippen molar-refractivity contribution in [3.63, 3.8) is 0 Å². The Labute approximate surface area is 68.0 Å². The highest BCUT2D eigenvalue weighted by molar-refractivity contribution is 5.73. The van der Waals surface area contributed by atoms with Gasteiger partial charge in [0.1, 0.15) is 6.04 Å². The van der Waals surface area contributed by atoms with Crippen LogP contribution in [0.3, 0.4) is 0 Å². The Morgan fingerprint density at radius 2 is 2.09 bits per heavy atom. The van der Waals surface area contributed by atoms with Gasteiger partial charge < -0.3 is 10.8 Å². The lowest BCUT2D eigenvalue weighted by Crippen LogP contribution is -2.38. The van der Waals surface area contributed by atoms with Crippen LogP contribution in [0.15, 0.2) is 0 Å². The fourth-order valence-corrected chi connectivity index (χ4v) is 1.49.